The molecule has 1 aliphatic rings. The molecule has 1 saturated heterocycles. The molecule has 0 bridgehead atoms. The lowest BCUT2D eigenvalue weighted by Crippen LogP contribution is -2.41. The molecule has 2 aromatic rings. The summed E-state index contributed by atoms with van der Waals surface area (Å²) < 4.78 is 0. The summed E-state index contributed by atoms with van der Waals surface area (Å²) >= 11 is 1.75. The second kappa shape index (κ2) is 7.25. The molecule has 1 aromatic heterocycles. The summed E-state index contributed by atoms with van der Waals surface area (Å²) in [6, 6.07) is 9.45. The minimum Gasteiger partial charge on any atom is -0.381 e. The second-order valence-electron chi connectivity index (χ2n) is 6.42. The Kier molecular flexibility index (Phi) is 5.11. The largest absolute Gasteiger partial charge is 0.381 e. The lowest BCUT2D eigenvalue weighted by atomic mass is 10.0. The molecule has 0 amide bonds. The molecule has 1 atom stereocenters. The molecular weight excluding hydrogens is 290 g/mol. The van der Waals surface area contributed by atoms with Crippen LogP contribution in [0.3, 0.4) is 0 Å². The Balaban J connectivity index is 1.55. The summed E-state index contributed by atoms with van der Waals surface area (Å²) in [6.07, 6.45) is 4.41. The van der Waals surface area contributed by atoms with Gasteiger partial charge in [0.15, 0.2) is 0 Å². The monoisotopic (exact) mass is 315 g/mol. The van der Waals surface area contributed by atoms with Crippen LogP contribution in [0.4, 0.5) is 5.69 Å². The Morgan fingerprint density at radius 2 is 2.14 bits per heavy atom. The van der Waals surface area contributed by atoms with Gasteiger partial charge in [0.1, 0.15) is 5.01 Å². The molecule has 1 aromatic carbocycles. The maximum Gasteiger partial charge on any atom is 0.107 e. The molecule has 0 radical (unpaired) electrons. The molecule has 1 aliphatic heterocycles. The normalized spacial score (nSPS) is 19.5. The number of benzene rings is 1. The SMILES string of the molecule is CC(C)c1ccc(N[C@@H]2CCCN(Cc3nccs3)C2)cc1. The highest BCUT2D eigenvalue weighted by Crippen LogP contribution is 2.21. The van der Waals surface area contributed by atoms with Gasteiger partial charge in [0, 0.05) is 29.9 Å². The summed E-state index contributed by atoms with van der Waals surface area (Å²) in [5, 5.41) is 6.98. The van der Waals surface area contributed by atoms with E-state index < -0.39 is 0 Å². The predicted octanol–water partition coefficient (Wildman–Crippen LogP) is 4.34. The summed E-state index contributed by atoms with van der Waals surface area (Å²) in [6.45, 7) is 7.75. The number of rotatable bonds is 5. The average Bonchev–Trinajstić information content (AvgIpc) is 3.01. The zero-order chi connectivity index (χ0) is 15.4. The first kappa shape index (κ1) is 15.5. The van der Waals surface area contributed by atoms with Gasteiger partial charge in [-0.2, -0.15) is 0 Å². The molecule has 0 aliphatic carbocycles. The number of nitrogens with zero attached hydrogens (tertiary/aromatic N) is 2. The fourth-order valence-electron chi connectivity index (χ4n) is 3.04. The van der Waals surface area contributed by atoms with Gasteiger partial charge in [-0.1, -0.05) is 26.0 Å². The van der Waals surface area contributed by atoms with E-state index >= 15 is 0 Å². The van der Waals surface area contributed by atoms with E-state index in [1.165, 1.54) is 35.6 Å². The van der Waals surface area contributed by atoms with Crippen molar-refractivity contribution in [1.82, 2.24) is 9.88 Å². The van der Waals surface area contributed by atoms with Gasteiger partial charge in [0.05, 0.1) is 6.54 Å². The van der Waals surface area contributed by atoms with Crippen molar-refractivity contribution in [3.8, 4) is 0 Å². The third-order valence-electron chi connectivity index (χ3n) is 4.30. The Bertz CT molecular complexity index is 563. The second-order valence-corrected chi connectivity index (χ2v) is 7.40. The van der Waals surface area contributed by atoms with Crippen molar-refractivity contribution in [2.24, 2.45) is 0 Å². The number of hydrogen-bond acceptors (Lipinski definition) is 4. The van der Waals surface area contributed by atoms with Gasteiger partial charge in [0.2, 0.25) is 0 Å². The van der Waals surface area contributed by atoms with Gasteiger partial charge < -0.3 is 5.32 Å². The molecular formula is C18H25N3S. The van der Waals surface area contributed by atoms with Crippen LogP contribution >= 0.6 is 11.3 Å². The zero-order valence-corrected chi connectivity index (χ0v) is 14.3. The minimum absolute atomic E-state index is 0.540. The van der Waals surface area contributed by atoms with E-state index in [4.69, 9.17) is 0 Å². The van der Waals surface area contributed by atoms with Crippen molar-refractivity contribution in [3.05, 3.63) is 46.4 Å². The Labute approximate surface area is 137 Å². The average molecular weight is 315 g/mol. The number of anilines is 1. The summed E-state index contributed by atoms with van der Waals surface area (Å²) in [5.41, 5.74) is 2.64. The molecule has 0 unspecified atom stereocenters. The molecule has 2 heterocycles. The van der Waals surface area contributed by atoms with Gasteiger partial charge in [-0.25, -0.2) is 4.98 Å². The van der Waals surface area contributed by atoms with Gasteiger partial charge >= 0.3 is 0 Å². The molecule has 118 valence electrons. The molecule has 1 N–H and O–H groups in total. The van der Waals surface area contributed by atoms with Crippen LogP contribution in [-0.4, -0.2) is 29.0 Å². The van der Waals surface area contributed by atoms with E-state index in [0.29, 0.717) is 12.0 Å². The number of thiazole rings is 1. The van der Waals surface area contributed by atoms with Crippen LogP contribution in [0.2, 0.25) is 0 Å². The van der Waals surface area contributed by atoms with Gasteiger partial charge in [0.25, 0.3) is 0 Å². The van der Waals surface area contributed by atoms with Crippen molar-refractivity contribution in [2.45, 2.75) is 45.2 Å². The first-order chi connectivity index (χ1) is 10.7. The molecule has 0 saturated carbocycles. The highest BCUT2D eigenvalue weighted by atomic mass is 32.1. The van der Waals surface area contributed by atoms with Crippen LogP contribution in [0.1, 0.15) is 43.2 Å². The summed E-state index contributed by atoms with van der Waals surface area (Å²) in [5.74, 6) is 0.595. The van der Waals surface area contributed by atoms with Gasteiger partial charge in [-0.3, -0.25) is 4.90 Å². The fraction of sp³-hybridized carbons (Fsp3) is 0.500. The minimum atomic E-state index is 0.540. The molecule has 3 nitrogen and oxygen atoms in total. The predicted molar refractivity (Wildman–Crippen MR) is 94.6 cm³/mol. The van der Waals surface area contributed by atoms with Crippen molar-refractivity contribution >= 4 is 17.0 Å². The zero-order valence-electron chi connectivity index (χ0n) is 13.5. The lowest BCUT2D eigenvalue weighted by molar-refractivity contribution is 0.208. The standard InChI is InChI=1S/C18H25N3S/c1-14(2)15-5-7-16(8-6-15)20-17-4-3-10-21(12-17)13-18-19-9-11-22-18/h5-9,11,14,17,20H,3-4,10,12-13H2,1-2H3/t17-/m1/s1. The highest BCUT2D eigenvalue weighted by Gasteiger charge is 2.20. The fourth-order valence-corrected chi connectivity index (χ4v) is 3.70. The number of piperidine rings is 1. The number of nitrogens with one attached hydrogen (secondary N) is 1. The Morgan fingerprint density at radius 3 is 2.82 bits per heavy atom. The Morgan fingerprint density at radius 1 is 1.32 bits per heavy atom. The van der Waals surface area contributed by atoms with E-state index in [0.717, 1.165) is 13.1 Å². The van der Waals surface area contributed by atoms with Gasteiger partial charge in [-0.15, -0.1) is 11.3 Å². The number of hydrogen-bond donors (Lipinski definition) is 1. The van der Waals surface area contributed by atoms with E-state index in [1.54, 1.807) is 11.3 Å². The Hall–Kier alpha value is -1.39. The van der Waals surface area contributed by atoms with E-state index in [9.17, 15) is 0 Å². The van der Waals surface area contributed by atoms with Crippen molar-refractivity contribution < 1.29 is 0 Å². The van der Waals surface area contributed by atoms with E-state index in [2.05, 4.69) is 58.7 Å². The van der Waals surface area contributed by atoms with Crippen LogP contribution in [0.25, 0.3) is 0 Å². The lowest BCUT2D eigenvalue weighted by Gasteiger charge is -2.33. The van der Waals surface area contributed by atoms with Crippen LogP contribution in [0.15, 0.2) is 35.8 Å². The van der Waals surface area contributed by atoms with Crippen LogP contribution < -0.4 is 5.32 Å². The number of likely N-dealkylation sites (tertiary alicyclic amines) is 1. The quantitative estimate of drug-likeness (QED) is 0.889. The number of aromatic nitrogens is 1. The maximum absolute atomic E-state index is 4.40. The summed E-state index contributed by atoms with van der Waals surface area (Å²) in [4.78, 5) is 6.92. The first-order valence-corrected chi connectivity index (χ1v) is 9.06. The molecule has 3 rings (SSSR count). The topological polar surface area (TPSA) is 28.2 Å². The van der Waals surface area contributed by atoms with Crippen LogP contribution in [0, 0.1) is 0 Å². The third-order valence-corrected chi connectivity index (χ3v) is 5.06. The smallest absolute Gasteiger partial charge is 0.107 e. The van der Waals surface area contributed by atoms with E-state index in [1.807, 2.05) is 6.20 Å². The van der Waals surface area contributed by atoms with Crippen molar-refractivity contribution in [1.29, 1.82) is 0 Å². The van der Waals surface area contributed by atoms with Crippen LogP contribution in [0.5, 0.6) is 0 Å². The molecule has 4 heteroatoms. The summed E-state index contributed by atoms with van der Waals surface area (Å²) in [7, 11) is 0. The molecule has 22 heavy (non-hydrogen) atoms. The maximum atomic E-state index is 4.40. The van der Waals surface area contributed by atoms with Gasteiger partial charge in [-0.05, 0) is 43.0 Å². The third kappa shape index (κ3) is 4.08. The van der Waals surface area contributed by atoms with Crippen molar-refractivity contribution in [2.75, 3.05) is 18.4 Å². The van der Waals surface area contributed by atoms with E-state index in [-0.39, 0.29) is 0 Å². The first-order valence-electron chi connectivity index (χ1n) is 8.18. The van der Waals surface area contributed by atoms with Crippen molar-refractivity contribution in [3.63, 3.8) is 0 Å². The molecule has 1 fully saturated rings. The highest BCUT2D eigenvalue weighted by molar-refractivity contribution is 7.09. The van der Waals surface area contributed by atoms with Crippen LogP contribution in [-0.2, 0) is 6.54 Å². The molecule has 0 spiro atoms.